The molecule has 2 aromatic carbocycles. The molecule has 0 saturated carbocycles. The number of halogens is 4. The van der Waals surface area contributed by atoms with Crippen LogP contribution in [0.25, 0.3) is 0 Å². The van der Waals surface area contributed by atoms with Crippen molar-refractivity contribution in [1.29, 1.82) is 0 Å². The van der Waals surface area contributed by atoms with Crippen molar-refractivity contribution in [2.75, 3.05) is 5.32 Å². The molecule has 0 fully saturated rings. The van der Waals surface area contributed by atoms with E-state index in [0.717, 1.165) is 12.1 Å². The lowest BCUT2D eigenvalue weighted by Crippen LogP contribution is -2.15. The first-order valence-electron chi connectivity index (χ1n) is 5.61. The molecule has 0 aliphatic heterocycles. The summed E-state index contributed by atoms with van der Waals surface area (Å²) in [4.78, 5) is 11.9. The molecule has 2 nitrogen and oxygen atoms in total. The quantitative estimate of drug-likeness (QED) is 0.803. The highest BCUT2D eigenvalue weighted by Crippen LogP contribution is 2.24. The van der Waals surface area contributed by atoms with E-state index in [1.54, 1.807) is 0 Å². The van der Waals surface area contributed by atoms with Gasteiger partial charge in [0.2, 0.25) is 0 Å². The van der Waals surface area contributed by atoms with Crippen LogP contribution in [0.3, 0.4) is 0 Å². The van der Waals surface area contributed by atoms with Gasteiger partial charge in [0.25, 0.3) is 5.91 Å². The molecule has 1 amide bonds. The van der Waals surface area contributed by atoms with Crippen LogP contribution < -0.4 is 5.32 Å². The molecule has 0 atom stereocenters. The van der Waals surface area contributed by atoms with Crippen LogP contribution in [0.4, 0.5) is 18.9 Å². The Morgan fingerprint density at radius 1 is 1.15 bits per heavy atom. The molecule has 0 radical (unpaired) electrons. The largest absolute Gasteiger partial charge is 0.319 e. The number of carbonyl (C=O) groups is 1. The van der Waals surface area contributed by atoms with E-state index >= 15 is 0 Å². The number of amides is 1. The lowest BCUT2D eigenvalue weighted by atomic mass is 10.1. The van der Waals surface area contributed by atoms with Crippen molar-refractivity contribution in [3.8, 4) is 0 Å². The third-order valence-corrected chi connectivity index (χ3v) is 3.30. The minimum absolute atomic E-state index is 0.0604. The standard InChI is InChI=1S/C14H9BrF3NO/c1-7-3-2-4-8(13(7)18)14(20)19-12-6-10(16)9(15)5-11(12)17/h2-6H,1H3,(H,19,20). The fourth-order valence-electron chi connectivity index (χ4n) is 1.63. The van der Waals surface area contributed by atoms with Gasteiger partial charge in [-0.15, -0.1) is 0 Å². The minimum Gasteiger partial charge on any atom is -0.319 e. The maximum absolute atomic E-state index is 13.8. The third kappa shape index (κ3) is 2.85. The maximum Gasteiger partial charge on any atom is 0.258 e. The van der Waals surface area contributed by atoms with E-state index in [1.165, 1.54) is 25.1 Å². The Morgan fingerprint density at radius 2 is 1.85 bits per heavy atom. The first kappa shape index (κ1) is 14.6. The molecule has 0 bridgehead atoms. The van der Waals surface area contributed by atoms with Crippen LogP contribution in [-0.4, -0.2) is 5.91 Å². The molecule has 20 heavy (non-hydrogen) atoms. The van der Waals surface area contributed by atoms with Gasteiger partial charge in [0, 0.05) is 6.07 Å². The van der Waals surface area contributed by atoms with Crippen LogP contribution in [0.15, 0.2) is 34.8 Å². The first-order valence-corrected chi connectivity index (χ1v) is 6.40. The Kier molecular flexibility index (Phi) is 4.13. The van der Waals surface area contributed by atoms with Gasteiger partial charge in [-0.05, 0) is 40.5 Å². The zero-order valence-electron chi connectivity index (χ0n) is 10.3. The number of anilines is 1. The van der Waals surface area contributed by atoms with E-state index in [0.29, 0.717) is 5.56 Å². The summed E-state index contributed by atoms with van der Waals surface area (Å²) in [7, 11) is 0. The van der Waals surface area contributed by atoms with Gasteiger partial charge in [-0.3, -0.25) is 4.79 Å². The van der Waals surface area contributed by atoms with E-state index < -0.39 is 23.4 Å². The summed E-state index contributed by atoms with van der Waals surface area (Å²) >= 11 is 2.82. The molecule has 0 aliphatic carbocycles. The van der Waals surface area contributed by atoms with Gasteiger partial charge in [0.1, 0.15) is 17.5 Å². The van der Waals surface area contributed by atoms with Crippen LogP contribution >= 0.6 is 15.9 Å². The predicted molar refractivity (Wildman–Crippen MR) is 73.1 cm³/mol. The second-order valence-electron chi connectivity index (χ2n) is 4.14. The molecule has 0 aromatic heterocycles. The summed E-state index contributed by atoms with van der Waals surface area (Å²) in [6.07, 6.45) is 0. The van der Waals surface area contributed by atoms with Gasteiger partial charge < -0.3 is 5.32 Å². The number of rotatable bonds is 2. The van der Waals surface area contributed by atoms with Crippen LogP contribution in [-0.2, 0) is 0 Å². The topological polar surface area (TPSA) is 29.1 Å². The van der Waals surface area contributed by atoms with Gasteiger partial charge in [-0.2, -0.15) is 0 Å². The Labute approximate surface area is 121 Å². The number of carbonyl (C=O) groups excluding carboxylic acids is 1. The number of aryl methyl sites for hydroxylation is 1. The lowest BCUT2D eigenvalue weighted by molar-refractivity contribution is 0.102. The summed E-state index contributed by atoms with van der Waals surface area (Å²) < 4.78 is 40.6. The highest BCUT2D eigenvalue weighted by molar-refractivity contribution is 9.10. The summed E-state index contributed by atoms with van der Waals surface area (Å²) in [5, 5.41) is 2.15. The van der Waals surface area contributed by atoms with E-state index in [-0.39, 0.29) is 15.7 Å². The van der Waals surface area contributed by atoms with Gasteiger partial charge in [-0.1, -0.05) is 12.1 Å². The Hall–Kier alpha value is -1.82. The Morgan fingerprint density at radius 3 is 2.55 bits per heavy atom. The highest BCUT2D eigenvalue weighted by atomic mass is 79.9. The summed E-state index contributed by atoms with van der Waals surface area (Å²) in [6.45, 7) is 1.51. The SMILES string of the molecule is Cc1cccc(C(=O)Nc2cc(F)c(Br)cc2F)c1F. The number of benzene rings is 2. The highest BCUT2D eigenvalue weighted by Gasteiger charge is 2.16. The summed E-state index contributed by atoms with van der Waals surface area (Å²) in [5.74, 6) is -3.08. The molecule has 1 N–H and O–H groups in total. The third-order valence-electron chi connectivity index (χ3n) is 2.69. The van der Waals surface area contributed by atoms with Crippen molar-refractivity contribution in [2.45, 2.75) is 6.92 Å². The minimum atomic E-state index is -0.841. The lowest BCUT2D eigenvalue weighted by Gasteiger charge is -2.09. The zero-order chi connectivity index (χ0) is 14.9. The van der Waals surface area contributed by atoms with Crippen LogP contribution in [0, 0.1) is 24.4 Å². The average Bonchev–Trinajstić information content (AvgIpc) is 2.39. The molecule has 104 valence electrons. The smallest absolute Gasteiger partial charge is 0.258 e. The van der Waals surface area contributed by atoms with Crippen molar-refractivity contribution in [2.24, 2.45) is 0 Å². The average molecular weight is 344 g/mol. The van der Waals surface area contributed by atoms with E-state index in [9.17, 15) is 18.0 Å². The number of nitrogens with one attached hydrogen (secondary N) is 1. The first-order chi connectivity index (χ1) is 9.40. The Bertz CT molecular complexity index is 688. The van der Waals surface area contributed by atoms with Crippen molar-refractivity contribution in [3.63, 3.8) is 0 Å². The molecule has 2 rings (SSSR count). The van der Waals surface area contributed by atoms with Crippen LogP contribution in [0.5, 0.6) is 0 Å². The maximum atomic E-state index is 13.8. The number of hydrogen-bond donors (Lipinski definition) is 1. The van der Waals surface area contributed by atoms with Crippen LogP contribution in [0.1, 0.15) is 15.9 Å². The molecule has 0 aliphatic rings. The summed E-state index contributed by atoms with van der Waals surface area (Å²) in [6, 6.07) is 5.99. The van der Waals surface area contributed by atoms with Gasteiger partial charge in [0.05, 0.1) is 15.7 Å². The molecule has 6 heteroatoms. The predicted octanol–water partition coefficient (Wildman–Crippen LogP) is 4.43. The summed E-state index contributed by atoms with van der Waals surface area (Å²) in [5.41, 5.74) is -0.288. The second kappa shape index (κ2) is 5.66. The fraction of sp³-hybridized carbons (Fsp3) is 0.0714. The van der Waals surface area contributed by atoms with Crippen molar-refractivity contribution >= 4 is 27.5 Å². The molecule has 0 spiro atoms. The second-order valence-corrected chi connectivity index (χ2v) is 4.99. The van der Waals surface area contributed by atoms with Crippen LogP contribution in [0.2, 0.25) is 0 Å². The van der Waals surface area contributed by atoms with Gasteiger partial charge in [0.15, 0.2) is 0 Å². The normalized spacial score (nSPS) is 10.4. The molecular formula is C14H9BrF3NO. The zero-order valence-corrected chi connectivity index (χ0v) is 11.9. The van der Waals surface area contributed by atoms with Gasteiger partial charge >= 0.3 is 0 Å². The van der Waals surface area contributed by atoms with Crippen molar-refractivity contribution < 1.29 is 18.0 Å². The molecule has 2 aromatic rings. The van der Waals surface area contributed by atoms with Crippen molar-refractivity contribution in [3.05, 3.63) is 63.4 Å². The monoisotopic (exact) mass is 343 g/mol. The molecular weight excluding hydrogens is 335 g/mol. The fourth-order valence-corrected chi connectivity index (χ4v) is 1.95. The molecule has 0 unspecified atom stereocenters. The van der Waals surface area contributed by atoms with Crippen molar-refractivity contribution in [1.82, 2.24) is 0 Å². The molecule has 0 heterocycles. The van der Waals surface area contributed by atoms with E-state index in [2.05, 4.69) is 21.2 Å². The molecule has 0 saturated heterocycles. The van der Waals surface area contributed by atoms with E-state index in [1.807, 2.05) is 0 Å². The van der Waals surface area contributed by atoms with Gasteiger partial charge in [-0.25, -0.2) is 13.2 Å². The Balaban J connectivity index is 2.33. The van der Waals surface area contributed by atoms with E-state index in [4.69, 9.17) is 0 Å². The number of hydrogen-bond acceptors (Lipinski definition) is 1.